The van der Waals surface area contributed by atoms with Crippen molar-refractivity contribution in [2.45, 2.75) is 44.1 Å². The highest BCUT2D eigenvalue weighted by Crippen LogP contribution is 2.33. The molecule has 1 aliphatic heterocycles. The molecule has 1 atom stereocenters. The summed E-state index contributed by atoms with van der Waals surface area (Å²) in [5.74, 6) is 0.0992. The zero-order valence-electron chi connectivity index (χ0n) is 22.4. The molecule has 0 bridgehead atoms. The second-order valence-electron chi connectivity index (χ2n) is 9.34. The first-order valence-electron chi connectivity index (χ1n) is 13.3. The standard InChI is InChI=1S/C30H35N3O5S/c1-3-32(4-2)39(36,37)25-17-14-24(15-18-25)16-19-29(34)33-22-28(38-27-13-9-8-12-26(27)33)30(35)31-21-20-23-10-6-5-7-11-23/h5-15,17-18,28H,3-4,16,19-22H2,1-2H3,(H,31,35). The Morgan fingerprint density at radius 1 is 0.897 bits per heavy atom. The van der Waals surface area contributed by atoms with Gasteiger partial charge in [0.1, 0.15) is 5.75 Å². The number of fused-ring (bicyclic) bond motifs is 1. The van der Waals surface area contributed by atoms with Gasteiger partial charge in [-0.2, -0.15) is 4.31 Å². The van der Waals surface area contributed by atoms with Crippen LogP contribution in [-0.4, -0.2) is 56.8 Å². The summed E-state index contributed by atoms with van der Waals surface area (Å²) in [5, 5.41) is 2.93. The van der Waals surface area contributed by atoms with Crippen molar-refractivity contribution in [3.05, 3.63) is 90.0 Å². The lowest BCUT2D eigenvalue weighted by Gasteiger charge is -2.34. The number of benzene rings is 3. The minimum Gasteiger partial charge on any atom is -0.477 e. The highest BCUT2D eigenvalue weighted by Gasteiger charge is 2.33. The molecule has 3 aromatic rings. The van der Waals surface area contributed by atoms with Crippen molar-refractivity contribution in [2.75, 3.05) is 31.1 Å². The van der Waals surface area contributed by atoms with Gasteiger partial charge in [0, 0.05) is 26.1 Å². The Morgan fingerprint density at radius 2 is 1.54 bits per heavy atom. The zero-order valence-corrected chi connectivity index (χ0v) is 23.2. The normalized spacial score (nSPS) is 14.9. The van der Waals surface area contributed by atoms with E-state index >= 15 is 0 Å². The quantitative estimate of drug-likeness (QED) is 0.393. The number of carbonyl (C=O) groups is 2. The number of carbonyl (C=O) groups excluding carboxylic acids is 2. The third-order valence-electron chi connectivity index (χ3n) is 6.82. The Labute approximate surface area is 230 Å². The lowest BCUT2D eigenvalue weighted by Crippen LogP contribution is -2.51. The van der Waals surface area contributed by atoms with Gasteiger partial charge in [0.2, 0.25) is 15.9 Å². The third-order valence-corrected chi connectivity index (χ3v) is 8.88. The van der Waals surface area contributed by atoms with Gasteiger partial charge in [0.05, 0.1) is 17.1 Å². The van der Waals surface area contributed by atoms with E-state index in [1.807, 2.05) is 62.4 Å². The molecule has 0 saturated heterocycles. The average molecular weight is 550 g/mol. The monoisotopic (exact) mass is 549 g/mol. The maximum atomic E-state index is 13.3. The van der Waals surface area contributed by atoms with Crippen molar-refractivity contribution in [1.29, 1.82) is 0 Å². The summed E-state index contributed by atoms with van der Waals surface area (Å²) in [7, 11) is -3.53. The molecule has 0 radical (unpaired) electrons. The van der Waals surface area contributed by atoms with Gasteiger partial charge in [-0.3, -0.25) is 9.59 Å². The number of hydrogen-bond acceptors (Lipinski definition) is 5. The summed E-state index contributed by atoms with van der Waals surface area (Å²) < 4.78 is 32.8. The highest BCUT2D eigenvalue weighted by molar-refractivity contribution is 7.89. The Bertz CT molecular complexity index is 1370. The largest absolute Gasteiger partial charge is 0.477 e. The van der Waals surface area contributed by atoms with Crippen LogP contribution in [0.1, 0.15) is 31.4 Å². The number of aryl methyl sites for hydroxylation is 1. The minimum atomic E-state index is -3.53. The number of hydrogen-bond donors (Lipinski definition) is 1. The fourth-order valence-electron chi connectivity index (χ4n) is 4.62. The smallest absolute Gasteiger partial charge is 0.262 e. The van der Waals surface area contributed by atoms with Gasteiger partial charge in [-0.1, -0.05) is 68.4 Å². The molecule has 4 rings (SSSR count). The van der Waals surface area contributed by atoms with E-state index in [1.54, 1.807) is 35.2 Å². The molecule has 0 saturated carbocycles. The Balaban J connectivity index is 1.38. The van der Waals surface area contributed by atoms with E-state index in [9.17, 15) is 18.0 Å². The summed E-state index contributed by atoms with van der Waals surface area (Å²) >= 11 is 0. The van der Waals surface area contributed by atoms with Crippen LogP contribution in [0.5, 0.6) is 5.75 Å². The molecule has 0 aliphatic carbocycles. The van der Waals surface area contributed by atoms with Gasteiger partial charge in [0.15, 0.2) is 6.10 Å². The predicted molar refractivity (Wildman–Crippen MR) is 151 cm³/mol. The third kappa shape index (κ3) is 6.85. The average Bonchev–Trinajstić information content (AvgIpc) is 2.96. The van der Waals surface area contributed by atoms with Crippen molar-refractivity contribution in [3.63, 3.8) is 0 Å². The molecule has 0 aromatic heterocycles. The number of amides is 2. The van der Waals surface area contributed by atoms with Crippen LogP contribution < -0.4 is 15.0 Å². The summed E-state index contributed by atoms with van der Waals surface area (Å²) in [6, 6.07) is 23.8. The number of rotatable bonds is 11. The van der Waals surface area contributed by atoms with E-state index < -0.39 is 16.1 Å². The molecular formula is C30H35N3O5S. The lowest BCUT2D eigenvalue weighted by atomic mass is 10.1. The van der Waals surface area contributed by atoms with Gasteiger partial charge >= 0.3 is 0 Å². The first kappa shape index (κ1) is 28.3. The van der Waals surface area contributed by atoms with Crippen LogP contribution in [0.15, 0.2) is 83.8 Å². The van der Waals surface area contributed by atoms with Crippen molar-refractivity contribution >= 4 is 27.5 Å². The van der Waals surface area contributed by atoms with Crippen molar-refractivity contribution in [1.82, 2.24) is 9.62 Å². The number of para-hydroxylation sites is 2. The maximum absolute atomic E-state index is 13.3. The molecule has 1 N–H and O–H groups in total. The summed E-state index contributed by atoms with van der Waals surface area (Å²) in [6.07, 6.45) is 0.536. The second-order valence-corrected chi connectivity index (χ2v) is 11.3. The van der Waals surface area contributed by atoms with Crippen LogP contribution >= 0.6 is 0 Å². The van der Waals surface area contributed by atoms with E-state index in [-0.39, 0.29) is 29.7 Å². The Hall–Kier alpha value is -3.69. The van der Waals surface area contributed by atoms with Crippen molar-refractivity contribution in [2.24, 2.45) is 0 Å². The summed E-state index contributed by atoms with van der Waals surface area (Å²) in [4.78, 5) is 28.1. The van der Waals surface area contributed by atoms with Crippen LogP contribution in [0.3, 0.4) is 0 Å². The van der Waals surface area contributed by atoms with Crippen LogP contribution in [0.4, 0.5) is 5.69 Å². The fourth-order valence-corrected chi connectivity index (χ4v) is 6.08. The van der Waals surface area contributed by atoms with E-state index in [0.717, 1.165) is 11.1 Å². The van der Waals surface area contributed by atoms with Crippen LogP contribution in [0.25, 0.3) is 0 Å². The topological polar surface area (TPSA) is 96.0 Å². The lowest BCUT2D eigenvalue weighted by molar-refractivity contribution is -0.128. The van der Waals surface area contributed by atoms with E-state index in [2.05, 4.69) is 5.32 Å². The van der Waals surface area contributed by atoms with Gasteiger partial charge < -0.3 is 15.0 Å². The maximum Gasteiger partial charge on any atom is 0.262 e. The van der Waals surface area contributed by atoms with Gasteiger partial charge in [-0.15, -0.1) is 0 Å². The minimum absolute atomic E-state index is 0.119. The molecule has 0 spiro atoms. The van der Waals surface area contributed by atoms with Crippen LogP contribution in [0.2, 0.25) is 0 Å². The molecule has 2 amide bonds. The number of ether oxygens (including phenoxy) is 1. The summed E-state index contributed by atoms with van der Waals surface area (Å²) in [6.45, 7) is 5.02. The van der Waals surface area contributed by atoms with Crippen LogP contribution in [-0.2, 0) is 32.5 Å². The zero-order chi connectivity index (χ0) is 27.8. The Morgan fingerprint density at radius 3 is 2.23 bits per heavy atom. The molecule has 1 heterocycles. The molecule has 39 heavy (non-hydrogen) atoms. The van der Waals surface area contributed by atoms with Crippen molar-refractivity contribution < 1.29 is 22.7 Å². The predicted octanol–water partition coefficient (Wildman–Crippen LogP) is 3.80. The number of anilines is 1. The van der Waals surface area contributed by atoms with E-state index in [1.165, 1.54) is 4.31 Å². The van der Waals surface area contributed by atoms with Crippen molar-refractivity contribution in [3.8, 4) is 5.75 Å². The second kappa shape index (κ2) is 12.9. The number of nitrogens with one attached hydrogen (secondary N) is 1. The number of nitrogens with zero attached hydrogens (tertiary/aromatic N) is 2. The molecule has 3 aromatic carbocycles. The van der Waals surface area contributed by atoms with Crippen LogP contribution in [0, 0.1) is 0 Å². The molecule has 9 heteroatoms. The van der Waals surface area contributed by atoms with Gasteiger partial charge in [-0.05, 0) is 48.2 Å². The molecule has 1 aliphatic rings. The van der Waals surface area contributed by atoms with Gasteiger partial charge in [-0.25, -0.2) is 8.42 Å². The highest BCUT2D eigenvalue weighted by atomic mass is 32.2. The number of sulfonamides is 1. The molecule has 0 fully saturated rings. The summed E-state index contributed by atoms with van der Waals surface area (Å²) in [5.41, 5.74) is 2.62. The Kier molecular flexibility index (Phi) is 9.37. The molecule has 8 nitrogen and oxygen atoms in total. The van der Waals surface area contributed by atoms with Gasteiger partial charge in [0.25, 0.3) is 5.91 Å². The SMILES string of the molecule is CCN(CC)S(=O)(=O)c1ccc(CCC(=O)N2CC(C(=O)NCCc3ccccc3)Oc3ccccc32)cc1. The van der Waals surface area contributed by atoms with E-state index in [0.29, 0.717) is 43.9 Å². The fraction of sp³-hybridized carbons (Fsp3) is 0.333. The molecular weight excluding hydrogens is 514 g/mol. The molecule has 206 valence electrons. The molecule has 1 unspecified atom stereocenters. The van der Waals surface area contributed by atoms with E-state index in [4.69, 9.17) is 4.74 Å². The first-order chi connectivity index (χ1) is 18.8. The first-order valence-corrected chi connectivity index (χ1v) is 14.7.